The molecule has 3 aromatic rings. The van der Waals surface area contributed by atoms with Crippen molar-refractivity contribution in [2.75, 3.05) is 20.8 Å². The van der Waals surface area contributed by atoms with E-state index in [0.29, 0.717) is 5.75 Å². The molecule has 0 aromatic heterocycles. The molecule has 2 atom stereocenters. The van der Waals surface area contributed by atoms with E-state index < -0.39 is 6.10 Å². The van der Waals surface area contributed by atoms with Crippen molar-refractivity contribution in [1.29, 1.82) is 0 Å². The van der Waals surface area contributed by atoms with E-state index in [1.807, 2.05) is 24.3 Å². The molecule has 0 saturated carbocycles. The summed E-state index contributed by atoms with van der Waals surface area (Å²) in [5.41, 5.74) is 2.14. The van der Waals surface area contributed by atoms with E-state index in [9.17, 15) is 10.2 Å². The van der Waals surface area contributed by atoms with Crippen LogP contribution in [0.4, 0.5) is 0 Å². The van der Waals surface area contributed by atoms with Crippen LogP contribution in [-0.2, 0) is 6.54 Å². The Morgan fingerprint density at radius 2 is 1.81 bits per heavy atom. The Morgan fingerprint density at radius 1 is 1.00 bits per heavy atom. The first-order chi connectivity index (χ1) is 13.1. The second-order valence-electron chi connectivity index (χ2n) is 7.50. The average molecular weight is 365 g/mol. The van der Waals surface area contributed by atoms with E-state index in [2.05, 4.69) is 4.90 Å². The standard InChI is InChI=1S/C22H23NO4/c1-26-12-5-6-13-14(8-12)15-9-19(24)20(27-2)10-16(15)17-11-23-7-3-4-18(23)22(25)21(13)17/h5-6,8-10,18,22,24-25H,3-4,7,11H2,1-2H3/t18-,22+/m1/s1. The number of aliphatic hydroxyl groups is 1. The van der Waals surface area contributed by atoms with Gasteiger partial charge in [-0.3, -0.25) is 4.90 Å². The highest BCUT2D eigenvalue weighted by Gasteiger charge is 2.38. The van der Waals surface area contributed by atoms with Crippen molar-refractivity contribution in [3.05, 3.63) is 41.5 Å². The van der Waals surface area contributed by atoms with Crippen LogP contribution in [0.25, 0.3) is 21.5 Å². The molecule has 0 spiro atoms. The van der Waals surface area contributed by atoms with Crippen molar-refractivity contribution in [2.24, 2.45) is 0 Å². The van der Waals surface area contributed by atoms with Gasteiger partial charge in [0.05, 0.1) is 20.3 Å². The van der Waals surface area contributed by atoms with Gasteiger partial charge in [-0.1, -0.05) is 6.07 Å². The van der Waals surface area contributed by atoms with Crippen molar-refractivity contribution in [3.8, 4) is 17.2 Å². The Bertz CT molecular complexity index is 1060. The van der Waals surface area contributed by atoms with Crippen LogP contribution in [-0.4, -0.2) is 41.9 Å². The first-order valence-electron chi connectivity index (χ1n) is 9.37. The zero-order chi connectivity index (χ0) is 18.7. The molecule has 0 amide bonds. The van der Waals surface area contributed by atoms with Gasteiger partial charge >= 0.3 is 0 Å². The summed E-state index contributed by atoms with van der Waals surface area (Å²) >= 11 is 0. The number of aromatic hydroxyl groups is 1. The molecule has 1 fully saturated rings. The molecular formula is C22H23NO4. The number of nitrogens with zero attached hydrogens (tertiary/aromatic N) is 1. The smallest absolute Gasteiger partial charge is 0.161 e. The Morgan fingerprint density at radius 3 is 2.59 bits per heavy atom. The third-order valence-electron chi connectivity index (χ3n) is 6.21. The molecule has 1 saturated heterocycles. The molecule has 27 heavy (non-hydrogen) atoms. The number of benzene rings is 3. The lowest BCUT2D eigenvalue weighted by Crippen LogP contribution is -2.39. The highest BCUT2D eigenvalue weighted by atomic mass is 16.5. The third-order valence-corrected chi connectivity index (χ3v) is 6.21. The van der Waals surface area contributed by atoms with Crippen LogP contribution < -0.4 is 9.47 Å². The minimum atomic E-state index is -0.517. The summed E-state index contributed by atoms with van der Waals surface area (Å²) < 4.78 is 10.8. The first kappa shape index (κ1) is 16.7. The van der Waals surface area contributed by atoms with Crippen LogP contribution in [0.2, 0.25) is 0 Å². The summed E-state index contributed by atoms with van der Waals surface area (Å²) in [7, 11) is 3.20. The molecule has 3 aromatic carbocycles. The maximum absolute atomic E-state index is 11.2. The number of fused-ring (bicyclic) bond motifs is 7. The number of aliphatic hydroxyl groups excluding tert-OH is 1. The van der Waals surface area contributed by atoms with Crippen LogP contribution >= 0.6 is 0 Å². The number of hydrogen-bond acceptors (Lipinski definition) is 5. The second-order valence-corrected chi connectivity index (χ2v) is 7.50. The summed E-state index contributed by atoms with van der Waals surface area (Å²) in [6, 6.07) is 9.79. The summed E-state index contributed by atoms with van der Waals surface area (Å²) in [5.74, 6) is 1.32. The quantitative estimate of drug-likeness (QED) is 0.678. The SMILES string of the molecule is COc1ccc2c3c(c4cc(OC)c(O)cc4c2c1)CN1CCC[C@@H]1[C@@H]3O. The molecule has 2 aliphatic rings. The van der Waals surface area contributed by atoms with E-state index in [1.54, 1.807) is 20.3 Å². The maximum atomic E-state index is 11.2. The summed E-state index contributed by atoms with van der Waals surface area (Å²) in [5, 5.41) is 25.6. The molecule has 0 unspecified atom stereocenters. The lowest BCUT2D eigenvalue weighted by molar-refractivity contribution is 0.0552. The van der Waals surface area contributed by atoms with Gasteiger partial charge in [-0.25, -0.2) is 0 Å². The Hall–Kier alpha value is -2.50. The molecular weight excluding hydrogens is 342 g/mol. The number of hydrogen-bond donors (Lipinski definition) is 2. The fourth-order valence-electron chi connectivity index (χ4n) is 4.93. The average Bonchev–Trinajstić information content (AvgIpc) is 3.16. The largest absolute Gasteiger partial charge is 0.504 e. The topological polar surface area (TPSA) is 62.2 Å². The van der Waals surface area contributed by atoms with E-state index in [-0.39, 0.29) is 11.8 Å². The number of phenolic OH excluding ortho intramolecular Hbond substituents is 1. The van der Waals surface area contributed by atoms with E-state index in [4.69, 9.17) is 9.47 Å². The summed E-state index contributed by atoms with van der Waals surface area (Å²) in [6.07, 6.45) is 1.62. The van der Waals surface area contributed by atoms with Gasteiger partial charge in [0, 0.05) is 12.6 Å². The summed E-state index contributed by atoms with van der Waals surface area (Å²) in [4.78, 5) is 2.38. The molecule has 0 aliphatic carbocycles. The fourth-order valence-corrected chi connectivity index (χ4v) is 4.93. The van der Waals surface area contributed by atoms with Gasteiger partial charge in [-0.15, -0.1) is 0 Å². The van der Waals surface area contributed by atoms with Gasteiger partial charge in [0.2, 0.25) is 0 Å². The third kappa shape index (κ3) is 2.32. The van der Waals surface area contributed by atoms with Gasteiger partial charge in [0.25, 0.3) is 0 Å². The molecule has 140 valence electrons. The minimum absolute atomic E-state index is 0.115. The molecule has 2 N–H and O–H groups in total. The lowest BCUT2D eigenvalue weighted by atomic mass is 9.83. The monoisotopic (exact) mass is 365 g/mol. The molecule has 2 heterocycles. The van der Waals surface area contributed by atoms with Crippen molar-refractivity contribution in [3.63, 3.8) is 0 Å². The van der Waals surface area contributed by atoms with E-state index in [1.165, 1.54) is 0 Å². The number of ether oxygens (including phenoxy) is 2. The normalized spacial score (nSPS) is 22.0. The van der Waals surface area contributed by atoms with Crippen molar-refractivity contribution in [1.82, 2.24) is 4.90 Å². The van der Waals surface area contributed by atoms with Crippen molar-refractivity contribution < 1.29 is 19.7 Å². The van der Waals surface area contributed by atoms with Crippen LogP contribution in [0, 0.1) is 0 Å². The maximum Gasteiger partial charge on any atom is 0.161 e. The predicted octanol–water partition coefficient (Wildman–Crippen LogP) is 3.73. The Kier molecular flexibility index (Phi) is 3.71. The Balaban J connectivity index is 1.92. The van der Waals surface area contributed by atoms with Crippen LogP contribution in [0.3, 0.4) is 0 Å². The molecule has 0 bridgehead atoms. The zero-order valence-corrected chi connectivity index (χ0v) is 15.5. The summed E-state index contributed by atoms with van der Waals surface area (Å²) in [6.45, 7) is 1.82. The molecule has 5 rings (SSSR count). The predicted molar refractivity (Wildman–Crippen MR) is 105 cm³/mol. The van der Waals surface area contributed by atoms with Crippen LogP contribution in [0.1, 0.15) is 30.1 Å². The fraction of sp³-hybridized carbons (Fsp3) is 0.364. The molecule has 2 aliphatic heterocycles. The molecule has 5 heteroatoms. The lowest BCUT2D eigenvalue weighted by Gasteiger charge is -2.37. The van der Waals surface area contributed by atoms with Gasteiger partial charge in [0.15, 0.2) is 11.5 Å². The molecule has 0 radical (unpaired) electrons. The van der Waals surface area contributed by atoms with Gasteiger partial charge in [-0.2, -0.15) is 0 Å². The number of rotatable bonds is 2. The minimum Gasteiger partial charge on any atom is -0.504 e. The first-order valence-corrected chi connectivity index (χ1v) is 9.37. The van der Waals surface area contributed by atoms with Crippen molar-refractivity contribution >= 4 is 21.5 Å². The van der Waals surface area contributed by atoms with Gasteiger partial charge in [-0.05, 0) is 76.3 Å². The van der Waals surface area contributed by atoms with E-state index >= 15 is 0 Å². The zero-order valence-electron chi connectivity index (χ0n) is 15.5. The van der Waals surface area contributed by atoms with Crippen LogP contribution in [0.15, 0.2) is 30.3 Å². The Labute approximate surface area is 157 Å². The number of phenols is 1. The highest BCUT2D eigenvalue weighted by molar-refractivity contribution is 6.12. The number of methoxy groups -OCH3 is 2. The van der Waals surface area contributed by atoms with Gasteiger partial charge in [0.1, 0.15) is 5.75 Å². The van der Waals surface area contributed by atoms with Gasteiger partial charge < -0.3 is 19.7 Å². The van der Waals surface area contributed by atoms with E-state index in [0.717, 1.165) is 64.4 Å². The highest BCUT2D eigenvalue weighted by Crippen LogP contribution is 2.47. The van der Waals surface area contributed by atoms with Crippen LogP contribution in [0.5, 0.6) is 17.2 Å². The van der Waals surface area contributed by atoms with Crippen molar-refractivity contribution in [2.45, 2.75) is 31.5 Å². The second kappa shape index (κ2) is 6.01. The molecule has 5 nitrogen and oxygen atoms in total.